The summed E-state index contributed by atoms with van der Waals surface area (Å²) in [5.74, 6) is 0.499. The summed E-state index contributed by atoms with van der Waals surface area (Å²) >= 11 is 0. The minimum absolute atomic E-state index is 0.0179. The lowest BCUT2D eigenvalue weighted by molar-refractivity contribution is 1.07. The van der Waals surface area contributed by atoms with Gasteiger partial charge in [-0.25, -0.2) is 15.0 Å². The number of hydrogen-bond acceptors (Lipinski definition) is 3. The molecule has 0 aliphatic carbocycles. The number of hydrogen-bond donors (Lipinski definition) is 0. The highest BCUT2D eigenvalue weighted by atomic mass is 15.0. The maximum atomic E-state index is 9.83. The lowest BCUT2D eigenvalue weighted by atomic mass is 10.0. The molecule has 2 aromatic heterocycles. The minimum Gasteiger partial charge on any atom is -0.309 e. The molecule has 0 spiro atoms. The van der Waals surface area contributed by atoms with Gasteiger partial charge in [-0.15, -0.1) is 0 Å². The molecule has 4 nitrogen and oxygen atoms in total. The Labute approximate surface area is 284 Å². The molecule has 0 saturated carbocycles. The number of nitrogens with zero attached hydrogens (tertiary/aromatic N) is 4. The fraction of sp³-hybridized carbons (Fsp3) is 0. The van der Waals surface area contributed by atoms with E-state index in [9.17, 15) is 5.48 Å². The molecule has 47 heavy (non-hydrogen) atoms. The summed E-state index contributed by atoms with van der Waals surface area (Å²) in [6.07, 6.45) is 0. The summed E-state index contributed by atoms with van der Waals surface area (Å²) in [4.78, 5) is 14.4. The molecule has 0 saturated heterocycles. The molecular formula is C43H28N4. The second-order valence-electron chi connectivity index (χ2n) is 11.0. The van der Waals surface area contributed by atoms with Gasteiger partial charge < -0.3 is 4.57 Å². The van der Waals surface area contributed by atoms with Crippen molar-refractivity contribution in [1.82, 2.24) is 19.5 Å². The van der Waals surface area contributed by atoms with E-state index in [1.54, 1.807) is 34.9 Å². The SMILES string of the molecule is [2H]c1c(-c2nc(-c3ccccc3)nc(-c3ccc(-c4ccccc4)cc3)n2)c([2H])c2c(c1[2H])c([2H])c([2H])c1c3c([2H])c([2H])c([2H])c([2H])c3n(-c3ccccc3)c21. The lowest BCUT2D eigenvalue weighted by Gasteiger charge is -2.12. The Morgan fingerprint density at radius 3 is 1.66 bits per heavy atom. The second-order valence-corrected chi connectivity index (χ2v) is 11.0. The van der Waals surface area contributed by atoms with Crippen LogP contribution in [0.25, 0.3) is 83.6 Å². The van der Waals surface area contributed by atoms with Gasteiger partial charge in [0.25, 0.3) is 0 Å². The van der Waals surface area contributed by atoms with Gasteiger partial charge in [0.05, 0.1) is 23.4 Å². The quantitative estimate of drug-likeness (QED) is 0.195. The molecular weight excluding hydrogens is 573 g/mol. The standard InChI is InChI=1S/C43H28N4/c1-4-12-29(13-5-1)30-20-23-33(24-21-30)42-44-41(32-14-6-2-7-15-32)45-43(46-42)34-25-22-31-26-27-37-36-18-10-11-19-39(36)47(40(37)38(31)28-34)35-16-8-3-9-17-35/h1-28H/i10D,11D,18D,19D,22D,25D,26D,27D,28D. The maximum Gasteiger partial charge on any atom is 0.164 e. The Hall–Kier alpha value is -6.39. The number of rotatable bonds is 5. The molecule has 0 radical (unpaired) electrons. The highest BCUT2D eigenvalue weighted by Gasteiger charge is 2.17. The van der Waals surface area contributed by atoms with E-state index in [0.29, 0.717) is 16.8 Å². The van der Waals surface area contributed by atoms with Gasteiger partial charge >= 0.3 is 0 Å². The fourth-order valence-corrected chi connectivity index (χ4v) is 5.88. The summed E-state index contributed by atoms with van der Waals surface area (Å²) in [6, 6.07) is 31.9. The summed E-state index contributed by atoms with van der Waals surface area (Å²) in [5.41, 5.74) is 3.91. The molecule has 0 amide bonds. The maximum absolute atomic E-state index is 9.83. The zero-order valence-corrected chi connectivity index (χ0v) is 24.8. The molecule has 9 rings (SSSR count). The van der Waals surface area contributed by atoms with Crippen LogP contribution in [-0.4, -0.2) is 19.5 Å². The van der Waals surface area contributed by atoms with Gasteiger partial charge in [0.15, 0.2) is 17.5 Å². The van der Waals surface area contributed by atoms with Crippen molar-refractivity contribution in [2.75, 3.05) is 0 Å². The molecule has 0 unspecified atom stereocenters. The van der Waals surface area contributed by atoms with Crippen molar-refractivity contribution in [1.29, 1.82) is 0 Å². The van der Waals surface area contributed by atoms with E-state index in [-0.39, 0.29) is 73.7 Å². The average molecular weight is 610 g/mol. The Balaban J connectivity index is 1.41. The third-order valence-corrected chi connectivity index (χ3v) is 8.12. The summed E-state index contributed by atoms with van der Waals surface area (Å²) in [7, 11) is 0. The molecule has 0 fully saturated rings. The molecule has 7 aromatic carbocycles. The normalized spacial score (nSPS) is 14.1. The van der Waals surface area contributed by atoms with E-state index in [0.717, 1.165) is 11.1 Å². The highest BCUT2D eigenvalue weighted by Crippen LogP contribution is 2.38. The third-order valence-electron chi connectivity index (χ3n) is 8.12. The average Bonchev–Trinajstić information content (AvgIpc) is 3.60. The summed E-state index contributed by atoms with van der Waals surface area (Å²) in [5, 5.41) is -0.0647. The Kier molecular flexibility index (Phi) is 4.57. The lowest BCUT2D eigenvalue weighted by Crippen LogP contribution is -2.00. The summed E-state index contributed by atoms with van der Waals surface area (Å²) in [6.45, 7) is 0. The van der Waals surface area contributed by atoms with Crippen molar-refractivity contribution in [3.63, 3.8) is 0 Å². The second kappa shape index (κ2) is 11.2. The van der Waals surface area contributed by atoms with E-state index in [4.69, 9.17) is 21.8 Å². The van der Waals surface area contributed by atoms with Gasteiger partial charge in [0.1, 0.15) is 0 Å². The molecule has 2 heterocycles. The molecule has 0 aliphatic heterocycles. The number of para-hydroxylation sites is 2. The van der Waals surface area contributed by atoms with Crippen LogP contribution in [-0.2, 0) is 0 Å². The van der Waals surface area contributed by atoms with Gasteiger partial charge in [0.2, 0.25) is 0 Å². The molecule has 9 aromatic rings. The predicted molar refractivity (Wildman–Crippen MR) is 193 cm³/mol. The smallest absolute Gasteiger partial charge is 0.164 e. The van der Waals surface area contributed by atoms with Crippen LogP contribution in [0.15, 0.2) is 170 Å². The van der Waals surface area contributed by atoms with Crippen LogP contribution in [0.1, 0.15) is 12.3 Å². The van der Waals surface area contributed by atoms with Gasteiger partial charge in [-0.3, -0.25) is 0 Å². The van der Waals surface area contributed by atoms with Crippen LogP contribution in [0.4, 0.5) is 0 Å². The van der Waals surface area contributed by atoms with Crippen LogP contribution in [0.3, 0.4) is 0 Å². The van der Waals surface area contributed by atoms with E-state index >= 15 is 0 Å². The number of aromatic nitrogens is 4. The van der Waals surface area contributed by atoms with E-state index < -0.39 is 36.3 Å². The minimum atomic E-state index is -0.502. The Morgan fingerprint density at radius 1 is 0.426 bits per heavy atom. The monoisotopic (exact) mass is 609 g/mol. The van der Waals surface area contributed by atoms with Crippen LogP contribution in [0.2, 0.25) is 0 Å². The van der Waals surface area contributed by atoms with Crippen molar-refractivity contribution >= 4 is 32.6 Å². The van der Waals surface area contributed by atoms with Crippen molar-refractivity contribution in [2.45, 2.75) is 0 Å². The van der Waals surface area contributed by atoms with Gasteiger partial charge in [-0.05, 0) is 40.7 Å². The van der Waals surface area contributed by atoms with Crippen molar-refractivity contribution < 1.29 is 12.3 Å². The topological polar surface area (TPSA) is 43.6 Å². The number of fused-ring (bicyclic) bond motifs is 5. The Bertz CT molecular complexity index is 3050. The zero-order chi connectivity index (χ0) is 39.0. The van der Waals surface area contributed by atoms with E-state index in [1.807, 2.05) is 84.9 Å². The molecule has 0 N–H and O–H groups in total. The van der Waals surface area contributed by atoms with Crippen molar-refractivity contribution in [3.8, 4) is 51.0 Å². The van der Waals surface area contributed by atoms with Crippen LogP contribution >= 0.6 is 0 Å². The van der Waals surface area contributed by atoms with Gasteiger partial charge in [0, 0.05) is 38.5 Å². The number of benzene rings is 7. The van der Waals surface area contributed by atoms with Gasteiger partial charge in [-0.2, -0.15) is 0 Å². The highest BCUT2D eigenvalue weighted by molar-refractivity contribution is 6.19. The van der Waals surface area contributed by atoms with Crippen molar-refractivity contribution in [2.24, 2.45) is 0 Å². The molecule has 220 valence electrons. The van der Waals surface area contributed by atoms with Crippen LogP contribution in [0, 0.1) is 0 Å². The first kappa shape index (κ1) is 19.2. The van der Waals surface area contributed by atoms with Crippen molar-refractivity contribution in [3.05, 3.63) is 170 Å². The first-order chi connectivity index (χ1) is 27.1. The van der Waals surface area contributed by atoms with E-state index in [2.05, 4.69) is 0 Å². The first-order valence-electron chi connectivity index (χ1n) is 19.6. The van der Waals surface area contributed by atoms with Crippen LogP contribution < -0.4 is 0 Å². The zero-order valence-electron chi connectivity index (χ0n) is 33.8. The fourth-order valence-electron chi connectivity index (χ4n) is 5.88. The first-order valence-corrected chi connectivity index (χ1v) is 15.1. The molecule has 0 atom stereocenters. The largest absolute Gasteiger partial charge is 0.309 e. The third kappa shape index (κ3) is 4.75. The van der Waals surface area contributed by atoms with Crippen LogP contribution in [0.5, 0.6) is 0 Å². The molecule has 0 bridgehead atoms. The van der Waals surface area contributed by atoms with E-state index in [1.165, 1.54) is 0 Å². The molecule has 4 heteroatoms. The Morgan fingerprint density at radius 2 is 0.957 bits per heavy atom. The van der Waals surface area contributed by atoms with Gasteiger partial charge in [-0.1, -0.05) is 145 Å². The predicted octanol–water partition coefficient (Wildman–Crippen LogP) is 10.8. The summed E-state index contributed by atoms with van der Waals surface area (Å²) < 4.78 is 83.3. The molecule has 0 aliphatic rings.